The summed E-state index contributed by atoms with van der Waals surface area (Å²) in [5.41, 5.74) is 0.894. The van der Waals surface area contributed by atoms with E-state index in [4.69, 9.17) is 14.2 Å². The second kappa shape index (κ2) is 9.16. The van der Waals surface area contributed by atoms with Gasteiger partial charge in [0.1, 0.15) is 11.6 Å². The van der Waals surface area contributed by atoms with Crippen molar-refractivity contribution in [2.75, 3.05) is 32.0 Å². The molecule has 2 atom stereocenters. The number of ether oxygens (including phenoxy) is 3. The molecule has 1 amide bonds. The minimum atomic E-state index is -4.55. The van der Waals surface area contributed by atoms with Crippen LogP contribution in [-0.4, -0.2) is 43.2 Å². The number of benzene rings is 2. The number of carbonyl (C=O) groups is 1. The third kappa shape index (κ3) is 4.59. The topological polar surface area (TPSA) is 86.6 Å². The highest BCUT2D eigenvalue weighted by Crippen LogP contribution is 2.44. The number of alkyl halides is 3. The van der Waals surface area contributed by atoms with Gasteiger partial charge >= 0.3 is 6.18 Å². The molecule has 34 heavy (non-hydrogen) atoms. The first-order valence-corrected chi connectivity index (χ1v) is 10.3. The van der Waals surface area contributed by atoms with Crippen molar-refractivity contribution in [1.82, 2.24) is 9.78 Å². The molecule has 2 N–H and O–H groups in total. The van der Waals surface area contributed by atoms with Crippen LogP contribution in [0.2, 0.25) is 0 Å². The zero-order valence-corrected chi connectivity index (χ0v) is 18.6. The van der Waals surface area contributed by atoms with Gasteiger partial charge in [-0.1, -0.05) is 12.1 Å². The molecule has 1 aliphatic rings. The Labute approximate surface area is 193 Å². The quantitative estimate of drug-likeness (QED) is 0.531. The number of hydrogen-bond acceptors (Lipinski definition) is 6. The third-order valence-corrected chi connectivity index (χ3v) is 5.58. The van der Waals surface area contributed by atoms with Gasteiger partial charge in [-0.3, -0.25) is 4.79 Å². The summed E-state index contributed by atoms with van der Waals surface area (Å²) in [6, 6.07) is 10.3. The molecule has 1 aromatic heterocycles. The minimum Gasteiger partial charge on any atom is -0.497 e. The van der Waals surface area contributed by atoms with E-state index in [2.05, 4.69) is 15.7 Å². The number of amides is 1. The Morgan fingerprint density at radius 1 is 1.03 bits per heavy atom. The van der Waals surface area contributed by atoms with Crippen LogP contribution in [0.5, 0.6) is 17.2 Å². The summed E-state index contributed by atoms with van der Waals surface area (Å²) in [6.45, 7) is 0. The van der Waals surface area contributed by atoms with Gasteiger partial charge in [-0.05, 0) is 29.8 Å². The van der Waals surface area contributed by atoms with Crippen molar-refractivity contribution >= 4 is 17.4 Å². The van der Waals surface area contributed by atoms with Crippen molar-refractivity contribution in [3.05, 3.63) is 59.8 Å². The number of aromatic nitrogens is 2. The number of fused-ring (bicyclic) bond motifs is 1. The van der Waals surface area contributed by atoms with E-state index < -0.39 is 24.2 Å². The zero-order valence-electron chi connectivity index (χ0n) is 18.6. The summed E-state index contributed by atoms with van der Waals surface area (Å²) in [5, 5.41) is 9.67. The molecule has 0 bridgehead atoms. The maximum absolute atomic E-state index is 13.9. The summed E-state index contributed by atoms with van der Waals surface area (Å²) in [5.74, 6) is 0.918. The fourth-order valence-electron chi connectivity index (χ4n) is 3.85. The van der Waals surface area contributed by atoms with Crippen molar-refractivity contribution in [3.63, 3.8) is 0 Å². The number of hydrogen-bond donors (Lipinski definition) is 2. The molecule has 2 aromatic carbocycles. The summed E-state index contributed by atoms with van der Waals surface area (Å²) >= 11 is 0. The van der Waals surface area contributed by atoms with E-state index in [0.29, 0.717) is 28.5 Å². The van der Waals surface area contributed by atoms with Crippen LogP contribution in [0.25, 0.3) is 0 Å². The molecular weight excluding hydrogens is 453 g/mol. The van der Waals surface area contributed by atoms with E-state index in [-0.39, 0.29) is 17.9 Å². The SMILES string of the molecule is COc1ccc([C@H]2C[C@H](C(F)(F)F)n3nc(C(=O)Nc4ccc(OC)c(OC)c4)cc3N2)cc1. The largest absolute Gasteiger partial charge is 0.497 e. The van der Waals surface area contributed by atoms with Gasteiger partial charge in [0.15, 0.2) is 23.2 Å². The van der Waals surface area contributed by atoms with Gasteiger partial charge in [0.25, 0.3) is 5.91 Å². The third-order valence-electron chi connectivity index (χ3n) is 5.58. The van der Waals surface area contributed by atoms with E-state index in [1.165, 1.54) is 27.4 Å². The lowest BCUT2D eigenvalue weighted by Gasteiger charge is -2.33. The lowest BCUT2D eigenvalue weighted by Crippen LogP contribution is -2.35. The number of nitrogens with zero attached hydrogens (tertiary/aromatic N) is 2. The number of methoxy groups -OCH3 is 3. The highest BCUT2D eigenvalue weighted by molar-refractivity contribution is 6.03. The van der Waals surface area contributed by atoms with Gasteiger partial charge < -0.3 is 24.8 Å². The van der Waals surface area contributed by atoms with Gasteiger partial charge in [0, 0.05) is 24.2 Å². The van der Waals surface area contributed by atoms with Gasteiger partial charge in [-0.2, -0.15) is 18.3 Å². The Morgan fingerprint density at radius 2 is 1.74 bits per heavy atom. The number of nitrogens with one attached hydrogen (secondary N) is 2. The molecule has 0 saturated carbocycles. The molecule has 2 heterocycles. The van der Waals surface area contributed by atoms with Crippen LogP contribution in [0.3, 0.4) is 0 Å². The Bertz CT molecular complexity index is 1180. The predicted octanol–water partition coefficient (Wildman–Crippen LogP) is 4.82. The van der Waals surface area contributed by atoms with Crippen molar-refractivity contribution in [3.8, 4) is 17.2 Å². The van der Waals surface area contributed by atoms with E-state index >= 15 is 0 Å². The monoisotopic (exact) mass is 476 g/mol. The van der Waals surface area contributed by atoms with E-state index in [9.17, 15) is 18.0 Å². The Morgan fingerprint density at radius 3 is 2.35 bits per heavy atom. The molecule has 1 aliphatic heterocycles. The van der Waals surface area contributed by atoms with Crippen LogP contribution in [-0.2, 0) is 0 Å². The number of rotatable bonds is 6. The highest BCUT2D eigenvalue weighted by Gasteiger charge is 2.46. The lowest BCUT2D eigenvalue weighted by atomic mass is 9.97. The van der Waals surface area contributed by atoms with Crippen molar-refractivity contribution in [1.29, 1.82) is 0 Å². The van der Waals surface area contributed by atoms with Crippen molar-refractivity contribution < 1.29 is 32.2 Å². The molecule has 4 rings (SSSR count). The smallest absolute Gasteiger partial charge is 0.410 e. The Hall–Kier alpha value is -3.89. The maximum atomic E-state index is 13.9. The minimum absolute atomic E-state index is 0.104. The molecule has 8 nitrogen and oxygen atoms in total. The molecule has 0 fully saturated rings. The Balaban J connectivity index is 1.61. The first kappa shape index (κ1) is 23.3. The first-order chi connectivity index (χ1) is 16.2. The first-order valence-electron chi connectivity index (χ1n) is 10.3. The molecule has 0 saturated heterocycles. The van der Waals surface area contributed by atoms with Gasteiger partial charge in [0.05, 0.1) is 27.4 Å². The molecule has 3 aromatic rings. The van der Waals surface area contributed by atoms with E-state index in [0.717, 1.165) is 4.68 Å². The van der Waals surface area contributed by atoms with E-state index in [1.807, 2.05) is 0 Å². The van der Waals surface area contributed by atoms with Gasteiger partial charge in [-0.25, -0.2) is 4.68 Å². The van der Waals surface area contributed by atoms with Crippen LogP contribution >= 0.6 is 0 Å². The second-order valence-electron chi connectivity index (χ2n) is 7.65. The normalized spacial score (nSPS) is 17.4. The van der Waals surface area contributed by atoms with Crippen molar-refractivity contribution in [2.45, 2.75) is 24.7 Å². The lowest BCUT2D eigenvalue weighted by molar-refractivity contribution is -0.173. The average Bonchev–Trinajstić information content (AvgIpc) is 3.27. The zero-order chi connectivity index (χ0) is 24.5. The molecule has 0 spiro atoms. The van der Waals surface area contributed by atoms with Gasteiger partial charge in [-0.15, -0.1) is 0 Å². The van der Waals surface area contributed by atoms with Crippen LogP contribution < -0.4 is 24.8 Å². The average molecular weight is 476 g/mol. The van der Waals surface area contributed by atoms with E-state index in [1.54, 1.807) is 42.5 Å². The molecular formula is C23H23F3N4O4. The van der Waals surface area contributed by atoms with Crippen molar-refractivity contribution in [2.24, 2.45) is 0 Å². The van der Waals surface area contributed by atoms with Crippen LogP contribution in [0, 0.1) is 0 Å². The molecule has 0 radical (unpaired) electrons. The number of carbonyl (C=O) groups excluding carboxylic acids is 1. The van der Waals surface area contributed by atoms with Crippen LogP contribution in [0.4, 0.5) is 24.7 Å². The fraction of sp³-hybridized carbons (Fsp3) is 0.304. The highest BCUT2D eigenvalue weighted by atomic mass is 19.4. The molecule has 0 unspecified atom stereocenters. The summed E-state index contributed by atoms with van der Waals surface area (Å²) in [7, 11) is 4.45. The summed E-state index contributed by atoms with van der Waals surface area (Å²) in [6.07, 6.45) is -4.83. The molecule has 11 heteroatoms. The maximum Gasteiger partial charge on any atom is 0.410 e. The predicted molar refractivity (Wildman–Crippen MR) is 119 cm³/mol. The van der Waals surface area contributed by atoms with Gasteiger partial charge in [0.2, 0.25) is 0 Å². The standard InChI is InChI=1S/C23H23F3N4O4/c1-32-15-7-4-13(5-8-15)16-11-20(23(24,25)26)30-21(28-16)12-17(29-30)22(31)27-14-6-9-18(33-2)19(10-14)34-3/h4-10,12,16,20,28H,11H2,1-3H3,(H,27,31)/t16-,20-/m1/s1. The summed E-state index contributed by atoms with van der Waals surface area (Å²) in [4.78, 5) is 12.8. The van der Waals surface area contributed by atoms with Crippen LogP contribution in [0.1, 0.15) is 34.6 Å². The summed E-state index contributed by atoms with van der Waals surface area (Å²) < 4.78 is 58.0. The molecule has 180 valence electrons. The van der Waals surface area contributed by atoms with Crippen LogP contribution in [0.15, 0.2) is 48.5 Å². The number of halogens is 3. The fourth-order valence-corrected chi connectivity index (χ4v) is 3.85. The molecule has 0 aliphatic carbocycles. The second-order valence-corrected chi connectivity index (χ2v) is 7.65. The Kier molecular flexibility index (Phi) is 6.27. The number of anilines is 2.